The van der Waals surface area contributed by atoms with E-state index in [9.17, 15) is 8.42 Å². The van der Waals surface area contributed by atoms with E-state index in [0.29, 0.717) is 23.6 Å². The van der Waals surface area contributed by atoms with Gasteiger partial charge in [-0.15, -0.1) is 0 Å². The summed E-state index contributed by atoms with van der Waals surface area (Å²) >= 11 is 0. The van der Waals surface area contributed by atoms with Crippen LogP contribution in [-0.4, -0.2) is 45.7 Å². The van der Waals surface area contributed by atoms with Crippen molar-refractivity contribution >= 4 is 9.84 Å². The molecule has 0 aliphatic carbocycles. The molecule has 0 aromatic rings. The third kappa shape index (κ3) is 4.95. The van der Waals surface area contributed by atoms with Gasteiger partial charge in [-0.1, -0.05) is 0 Å². The highest BCUT2D eigenvalue weighted by atomic mass is 32.2. The lowest BCUT2D eigenvalue weighted by Crippen LogP contribution is -2.42. The Morgan fingerprint density at radius 3 is 2.53 bits per heavy atom. The normalized spacial score (nSPS) is 23.9. The minimum Gasteiger partial charge on any atom is -0.385 e. The van der Waals surface area contributed by atoms with Gasteiger partial charge in [0.2, 0.25) is 0 Å². The van der Waals surface area contributed by atoms with E-state index >= 15 is 0 Å². The fraction of sp³-hybridized carbons (Fsp3) is 1.00. The van der Waals surface area contributed by atoms with Gasteiger partial charge in [0.25, 0.3) is 0 Å². The second kappa shape index (κ2) is 5.82. The second-order valence-corrected chi connectivity index (χ2v) is 6.58. The quantitative estimate of drug-likeness (QED) is 0.757. The van der Waals surface area contributed by atoms with E-state index in [2.05, 4.69) is 12.2 Å². The lowest BCUT2D eigenvalue weighted by molar-refractivity contribution is 0.182. The first kappa shape index (κ1) is 12.9. The molecular weight excluding hydrogens is 214 g/mol. The predicted molar refractivity (Wildman–Crippen MR) is 60.8 cm³/mol. The minimum absolute atomic E-state index is 0.335. The molecule has 1 saturated heterocycles. The van der Waals surface area contributed by atoms with E-state index in [4.69, 9.17) is 4.74 Å². The molecule has 15 heavy (non-hydrogen) atoms. The largest absolute Gasteiger partial charge is 0.385 e. The summed E-state index contributed by atoms with van der Waals surface area (Å²) in [6.45, 7) is 2.86. The Bertz CT molecular complexity index is 262. The van der Waals surface area contributed by atoms with Crippen LogP contribution in [0.4, 0.5) is 0 Å². The Labute approximate surface area is 92.3 Å². The van der Waals surface area contributed by atoms with E-state index in [1.807, 2.05) is 0 Å². The van der Waals surface area contributed by atoms with E-state index in [1.54, 1.807) is 7.11 Å². The van der Waals surface area contributed by atoms with Crippen molar-refractivity contribution in [3.8, 4) is 0 Å². The Balaban J connectivity index is 2.23. The van der Waals surface area contributed by atoms with Crippen molar-refractivity contribution in [2.24, 2.45) is 0 Å². The molecule has 1 N–H and O–H groups in total. The van der Waals surface area contributed by atoms with Gasteiger partial charge in [0.1, 0.15) is 9.84 Å². The fourth-order valence-electron chi connectivity index (χ4n) is 1.84. The highest BCUT2D eigenvalue weighted by Crippen LogP contribution is 2.13. The average Bonchev–Trinajstić information content (AvgIpc) is 2.18. The standard InChI is InChI=1S/C10H21NO3S/c1-9(3-6-14-2)11-10-4-7-15(12,13)8-5-10/h9-11H,3-8H2,1-2H3. The fourth-order valence-corrected chi connectivity index (χ4v) is 3.33. The zero-order chi connectivity index (χ0) is 11.3. The van der Waals surface area contributed by atoms with Crippen molar-refractivity contribution in [1.82, 2.24) is 5.32 Å². The molecule has 1 atom stereocenters. The molecule has 0 aromatic heterocycles. The Morgan fingerprint density at radius 2 is 2.00 bits per heavy atom. The lowest BCUT2D eigenvalue weighted by Gasteiger charge is -2.26. The summed E-state index contributed by atoms with van der Waals surface area (Å²) in [6.07, 6.45) is 2.47. The summed E-state index contributed by atoms with van der Waals surface area (Å²) in [4.78, 5) is 0. The first-order chi connectivity index (χ1) is 7.03. The Hall–Kier alpha value is -0.130. The van der Waals surface area contributed by atoms with E-state index in [-0.39, 0.29) is 0 Å². The van der Waals surface area contributed by atoms with Crippen molar-refractivity contribution in [2.75, 3.05) is 25.2 Å². The number of hydrogen-bond donors (Lipinski definition) is 1. The number of nitrogens with one attached hydrogen (secondary N) is 1. The summed E-state index contributed by atoms with van der Waals surface area (Å²) < 4.78 is 27.4. The average molecular weight is 235 g/mol. The zero-order valence-electron chi connectivity index (χ0n) is 9.53. The summed E-state index contributed by atoms with van der Waals surface area (Å²) in [5.41, 5.74) is 0. The van der Waals surface area contributed by atoms with Crippen LogP contribution in [0.3, 0.4) is 0 Å². The van der Waals surface area contributed by atoms with Crippen molar-refractivity contribution < 1.29 is 13.2 Å². The lowest BCUT2D eigenvalue weighted by atomic mass is 10.1. The zero-order valence-corrected chi connectivity index (χ0v) is 10.3. The van der Waals surface area contributed by atoms with Gasteiger partial charge in [0, 0.05) is 25.8 Å². The summed E-state index contributed by atoms with van der Waals surface area (Å²) in [5.74, 6) is 0.670. The van der Waals surface area contributed by atoms with E-state index in [0.717, 1.165) is 25.9 Å². The van der Waals surface area contributed by atoms with E-state index < -0.39 is 9.84 Å². The van der Waals surface area contributed by atoms with Crippen LogP contribution in [-0.2, 0) is 14.6 Å². The van der Waals surface area contributed by atoms with Gasteiger partial charge >= 0.3 is 0 Å². The number of rotatable bonds is 5. The monoisotopic (exact) mass is 235 g/mol. The molecule has 1 heterocycles. The van der Waals surface area contributed by atoms with Crippen LogP contribution in [0.1, 0.15) is 26.2 Å². The molecule has 0 saturated carbocycles. The summed E-state index contributed by atoms with van der Waals surface area (Å²) in [5, 5.41) is 3.45. The maximum Gasteiger partial charge on any atom is 0.150 e. The topological polar surface area (TPSA) is 55.4 Å². The van der Waals surface area contributed by atoms with Crippen LogP contribution >= 0.6 is 0 Å². The molecule has 1 aliphatic rings. The molecular formula is C10H21NO3S. The van der Waals surface area contributed by atoms with Crippen molar-refractivity contribution in [2.45, 2.75) is 38.3 Å². The van der Waals surface area contributed by atoms with Gasteiger partial charge in [-0.05, 0) is 26.2 Å². The molecule has 0 bridgehead atoms. The Morgan fingerprint density at radius 1 is 1.40 bits per heavy atom. The van der Waals surface area contributed by atoms with Crippen molar-refractivity contribution in [1.29, 1.82) is 0 Å². The van der Waals surface area contributed by atoms with E-state index in [1.165, 1.54) is 0 Å². The molecule has 1 rings (SSSR count). The van der Waals surface area contributed by atoms with Gasteiger partial charge in [0.05, 0.1) is 11.5 Å². The number of hydrogen-bond acceptors (Lipinski definition) is 4. The predicted octanol–water partition coefficient (Wildman–Crippen LogP) is 0.578. The van der Waals surface area contributed by atoms with Crippen LogP contribution in [0.2, 0.25) is 0 Å². The Kier molecular flexibility index (Phi) is 5.02. The number of sulfone groups is 1. The maximum atomic E-state index is 11.2. The van der Waals surface area contributed by atoms with Gasteiger partial charge in [-0.3, -0.25) is 0 Å². The maximum absolute atomic E-state index is 11.2. The molecule has 0 radical (unpaired) electrons. The molecule has 1 fully saturated rings. The molecule has 0 aromatic carbocycles. The molecule has 1 unspecified atom stereocenters. The number of methoxy groups -OCH3 is 1. The van der Waals surface area contributed by atoms with Crippen LogP contribution in [0.5, 0.6) is 0 Å². The van der Waals surface area contributed by atoms with Gasteiger partial charge in [-0.25, -0.2) is 8.42 Å². The van der Waals surface area contributed by atoms with Crippen LogP contribution in [0, 0.1) is 0 Å². The second-order valence-electron chi connectivity index (χ2n) is 4.28. The molecule has 90 valence electrons. The smallest absolute Gasteiger partial charge is 0.150 e. The highest BCUT2D eigenvalue weighted by molar-refractivity contribution is 7.91. The molecule has 5 heteroatoms. The first-order valence-corrected chi connectivity index (χ1v) is 7.31. The summed E-state index contributed by atoms with van der Waals surface area (Å²) in [6, 6.07) is 0.760. The molecule has 0 spiro atoms. The minimum atomic E-state index is -2.73. The van der Waals surface area contributed by atoms with Gasteiger partial charge < -0.3 is 10.1 Å². The van der Waals surface area contributed by atoms with Gasteiger partial charge in [0.15, 0.2) is 0 Å². The third-order valence-electron chi connectivity index (χ3n) is 2.83. The summed E-state index contributed by atoms with van der Waals surface area (Å²) in [7, 11) is -1.04. The number of ether oxygens (including phenoxy) is 1. The molecule has 0 amide bonds. The van der Waals surface area contributed by atoms with Crippen molar-refractivity contribution in [3.63, 3.8) is 0 Å². The first-order valence-electron chi connectivity index (χ1n) is 5.49. The van der Waals surface area contributed by atoms with Crippen LogP contribution in [0.25, 0.3) is 0 Å². The van der Waals surface area contributed by atoms with Crippen molar-refractivity contribution in [3.05, 3.63) is 0 Å². The molecule has 4 nitrogen and oxygen atoms in total. The molecule has 1 aliphatic heterocycles. The van der Waals surface area contributed by atoms with Crippen LogP contribution in [0.15, 0.2) is 0 Å². The third-order valence-corrected chi connectivity index (χ3v) is 4.55. The van der Waals surface area contributed by atoms with Crippen LogP contribution < -0.4 is 5.32 Å². The highest BCUT2D eigenvalue weighted by Gasteiger charge is 2.23. The SMILES string of the molecule is COCCC(C)NC1CCS(=O)(=O)CC1. The van der Waals surface area contributed by atoms with Gasteiger partial charge in [-0.2, -0.15) is 0 Å².